The lowest BCUT2D eigenvalue weighted by atomic mass is 10.2. The van der Waals surface area contributed by atoms with Crippen LogP contribution >= 0.6 is 0 Å². The molecule has 16 heavy (non-hydrogen) atoms. The Hall–Kier alpha value is -1.51. The van der Waals surface area contributed by atoms with Crippen LogP contribution in [0.15, 0.2) is 30.3 Å². The molecule has 0 radical (unpaired) electrons. The highest BCUT2D eigenvalue weighted by atomic mass is 16.5. The fourth-order valence-electron chi connectivity index (χ4n) is 1.62. The van der Waals surface area contributed by atoms with Crippen molar-refractivity contribution in [3.8, 4) is 5.75 Å². The zero-order valence-corrected chi connectivity index (χ0v) is 9.32. The highest BCUT2D eigenvalue weighted by molar-refractivity contribution is 5.70. The van der Waals surface area contributed by atoms with Crippen molar-refractivity contribution in [2.45, 2.75) is 25.7 Å². The SMILES string of the molecule is O=C(NCCCC1CC1)Oc1ccccc1. The van der Waals surface area contributed by atoms with Crippen LogP contribution in [0.25, 0.3) is 0 Å². The van der Waals surface area contributed by atoms with Crippen LogP contribution in [0.2, 0.25) is 0 Å². The minimum Gasteiger partial charge on any atom is -0.410 e. The summed E-state index contributed by atoms with van der Waals surface area (Å²) in [6, 6.07) is 9.11. The molecule has 0 aromatic heterocycles. The summed E-state index contributed by atoms with van der Waals surface area (Å²) >= 11 is 0. The molecule has 1 N–H and O–H groups in total. The highest BCUT2D eigenvalue weighted by Crippen LogP contribution is 2.33. The average molecular weight is 219 g/mol. The Balaban J connectivity index is 1.60. The summed E-state index contributed by atoms with van der Waals surface area (Å²) in [5.74, 6) is 1.51. The molecule has 3 heteroatoms. The maximum Gasteiger partial charge on any atom is 0.412 e. The molecule has 1 aromatic carbocycles. The number of rotatable bonds is 5. The number of amides is 1. The Morgan fingerprint density at radius 1 is 1.31 bits per heavy atom. The first-order valence-electron chi connectivity index (χ1n) is 5.85. The van der Waals surface area contributed by atoms with Crippen LogP contribution in [0.3, 0.4) is 0 Å². The van der Waals surface area contributed by atoms with Gasteiger partial charge < -0.3 is 10.1 Å². The van der Waals surface area contributed by atoms with Crippen LogP contribution in [0.5, 0.6) is 5.75 Å². The zero-order chi connectivity index (χ0) is 11.2. The molecule has 0 saturated heterocycles. The van der Waals surface area contributed by atoms with Gasteiger partial charge in [-0.1, -0.05) is 31.0 Å². The number of para-hydroxylation sites is 1. The smallest absolute Gasteiger partial charge is 0.410 e. The largest absolute Gasteiger partial charge is 0.412 e. The van der Waals surface area contributed by atoms with Gasteiger partial charge in [-0.2, -0.15) is 0 Å². The molecule has 1 saturated carbocycles. The molecule has 0 aliphatic heterocycles. The molecular formula is C13H17NO2. The molecule has 1 aliphatic rings. The van der Waals surface area contributed by atoms with Crippen LogP contribution in [0.4, 0.5) is 4.79 Å². The van der Waals surface area contributed by atoms with E-state index in [1.165, 1.54) is 19.3 Å². The standard InChI is InChI=1S/C13H17NO2/c15-13(14-10-4-5-11-8-9-11)16-12-6-2-1-3-7-12/h1-3,6-7,11H,4-5,8-10H2,(H,14,15). The van der Waals surface area contributed by atoms with Gasteiger partial charge in [-0.05, 0) is 30.9 Å². The average Bonchev–Trinajstić information content (AvgIpc) is 3.10. The number of benzene rings is 1. The molecule has 0 unspecified atom stereocenters. The summed E-state index contributed by atoms with van der Waals surface area (Å²) < 4.78 is 5.09. The van der Waals surface area contributed by atoms with Crippen molar-refractivity contribution in [2.24, 2.45) is 5.92 Å². The highest BCUT2D eigenvalue weighted by Gasteiger charge is 2.20. The first-order valence-corrected chi connectivity index (χ1v) is 5.85. The summed E-state index contributed by atoms with van der Waals surface area (Å²) in [7, 11) is 0. The lowest BCUT2D eigenvalue weighted by Crippen LogP contribution is -2.27. The van der Waals surface area contributed by atoms with Gasteiger partial charge in [-0.15, -0.1) is 0 Å². The normalized spacial score (nSPS) is 14.5. The fourth-order valence-corrected chi connectivity index (χ4v) is 1.62. The molecule has 1 aliphatic carbocycles. The third-order valence-corrected chi connectivity index (χ3v) is 2.71. The minimum absolute atomic E-state index is 0.359. The number of ether oxygens (including phenoxy) is 1. The van der Waals surface area contributed by atoms with E-state index in [0.717, 1.165) is 12.3 Å². The van der Waals surface area contributed by atoms with Crippen molar-refractivity contribution in [3.63, 3.8) is 0 Å². The number of hydrogen-bond donors (Lipinski definition) is 1. The van der Waals surface area contributed by atoms with Crippen LogP contribution in [-0.2, 0) is 0 Å². The third kappa shape index (κ3) is 3.93. The summed E-state index contributed by atoms with van der Waals surface area (Å²) in [6.45, 7) is 0.710. The number of nitrogens with one attached hydrogen (secondary N) is 1. The monoisotopic (exact) mass is 219 g/mol. The van der Waals surface area contributed by atoms with Crippen molar-refractivity contribution in [1.29, 1.82) is 0 Å². The predicted octanol–water partition coefficient (Wildman–Crippen LogP) is 2.97. The Morgan fingerprint density at radius 3 is 2.75 bits per heavy atom. The van der Waals surface area contributed by atoms with E-state index in [4.69, 9.17) is 4.74 Å². The van der Waals surface area contributed by atoms with Gasteiger partial charge in [0, 0.05) is 6.54 Å². The quantitative estimate of drug-likeness (QED) is 0.773. The molecule has 3 nitrogen and oxygen atoms in total. The Labute approximate surface area is 95.8 Å². The van der Waals surface area contributed by atoms with Gasteiger partial charge in [0.2, 0.25) is 0 Å². The number of hydrogen-bond acceptors (Lipinski definition) is 2. The Bertz CT molecular complexity index is 333. The maximum atomic E-state index is 11.3. The molecular weight excluding hydrogens is 202 g/mol. The fraction of sp³-hybridized carbons (Fsp3) is 0.462. The van der Waals surface area contributed by atoms with E-state index in [2.05, 4.69) is 5.32 Å². The van der Waals surface area contributed by atoms with E-state index < -0.39 is 0 Å². The number of carbonyl (C=O) groups excluding carboxylic acids is 1. The predicted molar refractivity (Wildman–Crippen MR) is 62.4 cm³/mol. The Morgan fingerprint density at radius 2 is 2.06 bits per heavy atom. The molecule has 1 amide bonds. The second kappa shape index (κ2) is 5.54. The molecule has 0 heterocycles. The van der Waals surface area contributed by atoms with E-state index >= 15 is 0 Å². The molecule has 0 atom stereocenters. The van der Waals surface area contributed by atoms with Crippen LogP contribution < -0.4 is 10.1 Å². The molecule has 1 aromatic rings. The van der Waals surface area contributed by atoms with Gasteiger partial charge in [0.15, 0.2) is 0 Å². The van der Waals surface area contributed by atoms with Gasteiger partial charge in [0.1, 0.15) is 5.75 Å². The number of carbonyl (C=O) groups is 1. The third-order valence-electron chi connectivity index (χ3n) is 2.71. The van der Waals surface area contributed by atoms with Gasteiger partial charge in [-0.25, -0.2) is 4.79 Å². The van der Waals surface area contributed by atoms with Crippen molar-refractivity contribution in [2.75, 3.05) is 6.54 Å². The Kier molecular flexibility index (Phi) is 3.81. The first-order chi connectivity index (χ1) is 7.84. The van der Waals surface area contributed by atoms with Crippen molar-refractivity contribution in [3.05, 3.63) is 30.3 Å². The topological polar surface area (TPSA) is 38.3 Å². The van der Waals surface area contributed by atoms with E-state index in [0.29, 0.717) is 12.3 Å². The van der Waals surface area contributed by atoms with Crippen LogP contribution in [-0.4, -0.2) is 12.6 Å². The summed E-state index contributed by atoms with van der Waals surface area (Å²) in [5, 5.41) is 2.75. The van der Waals surface area contributed by atoms with Crippen LogP contribution in [0, 0.1) is 5.92 Å². The molecule has 86 valence electrons. The van der Waals surface area contributed by atoms with Crippen molar-refractivity contribution in [1.82, 2.24) is 5.32 Å². The molecule has 1 fully saturated rings. The minimum atomic E-state index is -0.359. The second-order valence-electron chi connectivity index (χ2n) is 4.21. The van der Waals surface area contributed by atoms with Gasteiger partial charge in [0.05, 0.1) is 0 Å². The lowest BCUT2D eigenvalue weighted by Gasteiger charge is -2.05. The first kappa shape index (κ1) is 11.0. The van der Waals surface area contributed by atoms with Crippen LogP contribution in [0.1, 0.15) is 25.7 Å². The molecule has 0 bridgehead atoms. The van der Waals surface area contributed by atoms with Gasteiger partial charge >= 0.3 is 6.09 Å². The molecule has 2 rings (SSSR count). The van der Waals surface area contributed by atoms with E-state index in [1.54, 1.807) is 12.1 Å². The maximum absolute atomic E-state index is 11.3. The van der Waals surface area contributed by atoms with Crippen molar-refractivity contribution >= 4 is 6.09 Å². The summed E-state index contributed by atoms with van der Waals surface area (Å²) in [5.41, 5.74) is 0. The van der Waals surface area contributed by atoms with E-state index in [-0.39, 0.29) is 6.09 Å². The molecule has 0 spiro atoms. The second-order valence-corrected chi connectivity index (χ2v) is 4.21. The zero-order valence-electron chi connectivity index (χ0n) is 9.32. The lowest BCUT2D eigenvalue weighted by molar-refractivity contribution is 0.200. The van der Waals surface area contributed by atoms with Gasteiger partial charge in [-0.3, -0.25) is 0 Å². The van der Waals surface area contributed by atoms with E-state index in [9.17, 15) is 4.79 Å². The summed E-state index contributed by atoms with van der Waals surface area (Å²) in [4.78, 5) is 11.3. The van der Waals surface area contributed by atoms with Crippen molar-refractivity contribution < 1.29 is 9.53 Å². The van der Waals surface area contributed by atoms with E-state index in [1.807, 2.05) is 18.2 Å². The summed E-state index contributed by atoms with van der Waals surface area (Å²) in [6.07, 6.45) is 4.66. The van der Waals surface area contributed by atoms with Gasteiger partial charge in [0.25, 0.3) is 0 Å².